The van der Waals surface area contributed by atoms with Crippen LogP contribution in [0.25, 0.3) is 0 Å². The number of pyridine rings is 1. The van der Waals surface area contributed by atoms with Crippen LogP contribution in [0.5, 0.6) is 0 Å². The monoisotopic (exact) mass is 528 g/mol. The topological polar surface area (TPSA) is 95.6 Å². The van der Waals surface area contributed by atoms with Gasteiger partial charge in [-0.15, -0.1) is 0 Å². The van der Waals surface area contributed by atoms with Crippen LogP contribution in [0.2, 0.25) is 0 Å². The lowest BCUT2D eigenvalue weighted by Crippen LogP contribution is -2.43. The van der Waals surface area contributed by atoms with Crippen LogP contribution < -0.4 is 0 Å². The van der Waals surface area contributed by atoms with Gasteiger partial charge >= 0.3 is 6.18 Å². The van der Waals surface area contributed by atoms with Crippen LogP contribution >= 0.6 is 0 Å². The SMILES string of the molecule is CC(C)c1nc2c(c3c1[C@@H](c1ccc(C(F)(F)F)c(C#N)c1)OC31CCOCC1)[C@@H](O)CC1(CCC1)[C@H]2O. The first kappa shape index (κ1) is 25.8. The number of aliphatic hydroxyl groups excluding tert-OH is 2. The fraction of sp³-hybridized carbons (Fsp3) is 0.586. The van der Waals surface area contributed by atoms with Crippen molar-refractivity contribution in [1.29, 1.82) is 5.26 Å². The molecule has 0 amide bonds. The molecule has 2 spiro atoms. The summed E-state index contributed by atoms with van der Waals surface area (Å²) in [7, 11) is 0. The highest BCUT2D eigenvalue weighted by atomic mass is 19.4. The van der Waals surface area contributed by atoms with Gasteiger partial charge in [0.05, 0.1) is 34.6 Å². The van der Waals surface area contributed by atoms with Gasteiger partial charge in [0, 0.05) is 48.3 Å². The number of hydrogen-bond donors (Lipinski definition) is 2. The minimum Gasteiger partial charge on any atom is -0.388 e. The number of aromatic nitrogens is 1. The quantitative estimate of drug-likeness (QED) is 0.507. The number of nitriles is 1. The maximum atomic E-state index is 13.5. The molecule has 1 aromatic heterocycles. The molecular formula is C29H31F3N2O4. The number of benzene rings is 1. The summed E-state index contributed by atoms with van der Waals surface area (Å²) in [5.74, 6) is -0.0800. The molecule has 202 valence electrons. The van der Waals surface area contributed by atoms with Gasteiger partial charge in [-0.1, -0.05) is 26.3 Å². The molecule has 2 fully saturated rings. The number of aliphatic hydroxyl groups is 2. The summed E-state index contributed by atoms with van der Waals surface area (Å²) in [6, 6.07) is 5.26. The minimum atomic E-state index is -4.65. The van der Waals surface area contributed by atoms with Crippen LogP contribution in [0.3, 0.4) is 0 Å². The minimum absolute atomic E-state index is 0.0800. The van der Waals surface area contributed by atoms with Crippen LogP contribution in [-0.2, 0) is 21.3 Å². The predicted octanol–water partition coefficient (Wildman–Crippen LogP) is 5.86. The Labute approximate surface area is 219 Å². The molecule has 1 saturated carbocycles. The molecule has 0 radical (unpaired) electrons. The fourth-order valence-corrected chi connectivity index (χ4v) is 7.10. The fourth-order valence-electron chi connectivity index (χ4n) is 7.10. The van der Waals surface area contributed by atoms with Crippen LogP contribution in [0.1, 0.15) is 121 Å². The Kier molecular flexibility index (Phi) is 5.93. The first-order valence-electron chi connectivity index (χ1n) is 13.3. The Morgan fingerprint density at radius 3 is 2.39 bits per heavy atom. The molecule has 3 atom stereocenters. The van der Waals surface area contributed by atoms with E-state index in [4.69, 9.17) is 14.5 Å². The van der Waals surface area contributed by atoms with Gasteiger partial charge in [0.2, 0.25) is 0 Å². The Morgan fingerprint density at radius 2 is 1.82 bits per heavy atom. The smallest absolute Gasteiger partial charge is 0.388 e. The summed E-state index contributed by atoms with van der Waals surface area (Å²) in [5.41, 5.74) is 1.12. The molecule has 2 aliphatic heterocycles. The van der Waals surface area contributed by atoms with Crippen molar-refractivity contribution in [2.45, 2.75) is 88.4 Å². The lowest BCUT2D eigenvalue weighted by molar-refractivity contribution is -0.138. The predicted molar refractivity (Wildman–Crippen MR) is 130 cm³/mol. The van der Waals surface area contributed by atoms with Crippen molar-refractivity contribution in [1.82, 2.24) is 4.98 Å². The maximum absolute atomic E-state index is 13.5. The summed E-state index contributed by atoms with van der Waals surface area (Å²) in [6.07, 6.45) is -2.94. The summed E-state index contributed by atoms with van der Waals surface area (Å²) < 4.78 is 53.1. The van der Waals surface area contributed by atoms with Gasteiger partial charge in [-0.3, -0.25) is 4.98 Å². The standard InChI is InChI=1S/C29H31F3N2O4/c1-15(2)23-21-22(20-19(35)13-27(6-3-7-27)26(36)24(20)34-23)28(8-10-37-11-9-28)38-25(21)16-4-5-18(29(30,31)32)17(12-16)14-33/h4-5,12,15,19,25-26,35-36H,3,6-11,13H2,1-2H3/t19-,25+,26-/m0/s1. The van der Waals surface area contributed by atoms with E-state index in [1.54, 1.807) is 6.07 Å². The zero-order valence-corrected chi connectivity index (χ0v) is 21.4. The third-order valence-electron chi connectivity index (χ3n) is 9.13. The summed E-state index contributed by atoms with van der Waals surface area (Å²) in [5, 5.41) is 32.6. The molecule has 9 heteroatoms. The van der Waals surface area contributed by atoms with Gasteiger partial charge in [0.15, 0.2) is 0 Å². The first-order valence-corrected chi connectivity index (χ1v) is 13.3. The molecule has 4 aliphatic rings. The van der Waals surface area contributed by atoms with Crippen LogP contribution in [0.15, 0.2) is 18.2 Å². The van der Waals surface area contributed by atoms with Gasteiger partial charge in [0.1, 0.15) is 12.2 Å². The Hall–Kier alpha value is -2.51. The Morgan fingerprint density at radius 1 is 1.11 bits per heavy atom. The second-order valence-corrected chi connectivity index (χ2v) is 11.6. The molecule has 3 heterocycles. The van der Waals surface area contributed by atoms with Crippen molar-refractivity contribution in [2.24, 2.45) is 5.41 Å². The average molecular weight is 529 g/mol. The third kappa shape index (κ3) is 3.64. The zero-order valence-electron chi connectivity index (χ0n) is 21.4. The second kappa shape index (κ2) is 8.75. The highest BCUT2D eigenvalue weighted by Crippen LogP contribution is 2.63. The number of rotatable bonds is 2. The number of alkyl halides is 3. The van der Waals surface area contributed by atoms with Crippen LogP contribution in [0, 0.1) is 16.7 Å². The molecule has 2 aliphatic carbocycles. The molecule has 6 nitrogen and oxygen atoms in total. The van der Waals surface area contributed by atoms with Crippen molar-refractivity contribution in [3.63, 3.8) is 0 Å². The number of ether oxygens (including phenoxy) is 2. The highest BCUT2D eigenvalue weighted by molar-refractivity contribution is 5.56. The van der Waals surface area contributed by atoms with E-state index in [0.29, 0.717) is 55.0 Å². The maximum Gasteiger partial charge on any atom is 0.417 e. The largest absolute Gasteiger partial charge is 0.417 e. The van der Waals surface area contributed by atoms with Gasteiger partial charge in [-0.25, -0.2) is 0 Å². The number of halogens is 3. The van der Waals surface area contributed by atoms with Crippen molar-refractivity contribution in [3.8, 4) is 6.07 Å². The normalized spacial score (nSPS) is 27.2. The second-order valence-electron chi connectivity index (χ2n) is 11.6. The van der Waals surface area contributed by atoms with E-state index >= 15 is 0 Å². The Bertz CT molecular complexity index is 1320. The molecule has 0 bridgehead atoms. The number of nitrogens with zero attached hydrogens (tertiary/aromatic N) is 2. The summed E-state index contributed by atoms with van der Waals surface area (Å²) >= 11 is 0. The van der Waals surface area contributed by atoms with E-state index in [1.165, 1.54) is 12.1 Å². The lowest BCUT2D eigenvalue weighted by atomic mass is 9.57. The van der Waals surface area contributed by atoms with Crippen molar-refractivity contribution >= 4 is 0 Å². The number of hydrogen-bond acceptors (Lipinski definition) is 6. The Balaban J connectivity index is 1.60. The van der Waals surface area contributed by atoms with E-state index in [-0.39, 0.29) is 11.3 Å². The van der Waals surface area contributed by atoms with Crippen molar-refractivity contribution < 1.29 is 32.9 Å². The molecular weight excluding hydrogens is 497 g/mol. The lowest BCUT2D eigenvalue weighted by Gasteiger charge is -2.51. The van der Waals surface area contributed by atoms with Crippen LogP contribution in [0.4, 0.5) is 13.2 Å². The molecule has 0 unspecified atom stereocenters. The van der Waals surface area contributed by atoms with Crippen LogP contribution in [-0.4, -0.2) is 28.4 Å². The molecule has 2 N–H and O–H groups in total. The van der Waals surface area contributed by atoms with E-state index in [9.17, 15) is 28.6 Å². The van der Waals surface area contributed by atoms with Crippen molar-refractivity contribution in [3.05, 3.63) is 63.0 Å². The van der Waals surface area contributed by atoms with E-state index in [2.05, 4.69) is 0 Å². The molecule has 1 aromatic carbocycles. The summed E-state index contributed by atoms with van der Waals surface area (Å²) in [4.78, 5) is 4.98. The third-order valence-corrected chi connectivity index (χ3v) is 9.13. The van der Waals surface area contributed by atoms with Gasteiger partial charge in [-0.05, 0) is 48.4 Å². The van der Waals surface area contributed by atoms with Gasteiger partial charge in [0.25, 0.3) is 0 Å². The zero-order chi connectivity index (χ0) is 27.0. The van der Waals surface area contributed by atoms with Crippen molar-refractivity contribution in [2.75, 3.05) is 13.2 Å². The average Bonchev–Trinajstić information content (AvgIpc) is 3.17. The van der Waals surface area contributed by atoms with E-state index in [1.807, 2.05) is 13.8 Å². The molecule has 38 heavy (non-hydrogen) atoms. The van der Waals surface area contributed by atoms with Gasteiger partial charge in [-0.2, -0.15) is 18.4 Å². The summed E-state index contributed by atoms with van der Waals surface area (Å²) in [6.45, 7) is 4.83. The molecule has 2 aromatic rings. The number of fused-ring (bicyclic) bond motifs is 4. The molecule has 6 rings (SSSR count). The van der Waals surface area contributed by atoms with Gasteiger partial charge < -0.3 is 19.7 Å². The van der Waals surface area contributed by atoms with E-state index in [0.717, 1.165) is 36.5 Å². The first-order chi connectivity index (χ1) is 18.0. The highest BCUT2D eigenvalue weighted by Gasteiger charge is 2.56. The van der Waals surface area contributed by atoms with E-state index < -0.39 is 41.2 Å². The molecule has 1 saturated heterocycles.